The Morgan fingerprint density at radius 1 is 1.29 bits per heavy atom. The van der Waals surface area contributed by atoms with E-state index in [0.717, 1.165) is 24.0 Å². The molecule has 0 aliphatic heterocycles. The molecule has 0 saturated heterocycles. The fraction of sp³-hybridized carbons (Fsp3) is 0.474. The van der Waals surface area contributed by atoms with Crippen molar-refractivity contribution in [2.24, 2.45) is 0 Å². The Labute approximate surface area is 144 Å². The summed E-state index contributed by atoms with van der Waals surface area (Å²) >= 11 is 0. The van der Waals surface area contributed by atoms with Gasteiger partial charge in [0, 0.05) is 17.3 Å². The van der Waals surface area contributed by atoms with E-state index >= 15 is 0 Å². The summed E-state index contributed by atoms with van der Waals surface area (Å²) in [5, 5.41) is 5.60. The molecule has 132 valence electrons. The fourth-order valence-corrected chi connectivity index (χ4v) is 2.62. The van der Waals surface area contributed by atoms with Gasteiger partial charge in [0.2, 0.25) is 5.78 Å². The van der Waals surface area contributed by atoms with Crippen LogP contribution in [0.15, 0.2) is 18.2 Å². The molecule has 0 saturated carbocycles. The number of nitrogens with one attached hydrogen (secondary N) is 2. The Bertz CT molecular complexity index is 584. The summed E-state index contributed by atoms with van der Waals surface area (Å²) < 4.78 is 5.43. The number of allylic oxidation sites excluding steroid dienone is 1. The molecule has 5 nitrogen and oxygen atoms in total. The standard InChI is InChI=1S/C19H28N2O3/c1-6-9-15-13(8-3)11-14(12-17(15)24-5)21-19(23)18(22)16(20-4)10-7-2/h6,9,11-12,16,20H,7-8,10H2,1-5H3,(H,21,23)/b9-6-. The lowest BCUT2D eigenvalue weighted by molar-refractivity contribution is -0.136. The lowest BCUT2D eigenvalue weighted by Gasteiger charge is -2.16. The first kappa shape index (κ1) is 19.9. The van der Waals surface area contributed by atoms with E-state index < -0.39 is 17.7 Å². The molecule has 1 unspecified atom stereocenters. The Balaban J connectivity index is 3.06. The van der Waals surface area contributed by atoms with E-state index in [1.165, 1.54) is 0 Å². The Kier molecular flexibility index (Phi) is 8.19. The minimum absolute atomic E-state index is 0.450. The average molecular weight is 332 g/mol. The van der Waals surface area contributed by atoms with Gasteiger partial charge < -0.3 is 15.4 Å². The molecule has 0 aromatic heterocycles. The third-order valence-electron chi connectivity index (χ3n) is 3.89. The zero-order chi connectivity index (χ0) is 18.1. The minimum atomic E-state index is -0.606. The van der Waals surface area contributed by atoms with E-state index in [4.69, 9.17) is 4.74 Å². The first-order valence-corrected chi connectivity index (χ1v) is 8.38. The number of likely N-dealkylation sites (N-methyl/N-ethyl adjacent to an activating group) is 1. The summed E-state index contributed by atoms with van der Waals surface area (Å²) in [4.78, 5) is 24.5. The molecule has 1 rings (SSSR count). The van der Waals surface area contributed by atoms with Crippen molar-refractivity contribution in [2.45, 2.75) is 46.1 Å². The second-order valence-corrected chi connectivity index (χ2v) is 5.55. The number of rotatable bonds is 9. The van der Waals surface area contributed by atoms with Gasteiger partial charge in [-0.15, -0.1) is 0 Å². The third kappa shape index (κ3) is 4.93. The third-order valence-corrected chi connectivity index (χ3v) is 3.89. The molecule has 0 fully saturated rings. The van der Waals surface area contributed by atoms with Crippen molar-refractivity contribution in [2.75, 3.05) is 19.5 Å². The molecule has 1 amide bonds. The molecule has 1 aromatic carbocycles. The van der Waals surface area contributed by atoms with Crippen LogP contribution in [-0.2, 0) is 16.0 Å². The largest absolute Gasteiger partial charge is 0.496 e. The van der Waals surface area contributed by atoms with Crippen molar-refractivity contribution < 1.29 is 14.3 Å². The van der Waals surface area contributed by atoms with Crippen LogP contribution >= 0.6 is 0 Å². The number of aryl methyl sites for hydroxylation is 1. The van der Waals surface area contributed by atoms with Crippen LogP contribution in [-0.4, -0.2) is 31.9 Å². The Morgan fingerprint density at radius 2 is 2.00 bits per heavy atom. The van der Waals surface area contributed by atoms with Crippen molar-refractivity contribution in [3.63, 3.8) is 0 Å². The summed E-state index contributed by atoms with van der Waals surface area (Å²) in [6, 6.07) is 3.18. The van der Waals surface area contributed by atoms with E-state index in [1.807, 2.05) is 39.0 Å². The molecular weight excluding hydrogens is 304 g/mol. The van der Waals surface area contributed by atoms with Gasteiger partial charge in [0.15, 0.2) is 0 Å². The number of ketones is 1. The molecule has 5 heteroatoms. The van der Waals surface area contributed by atoms with Gasteiger partial charge in [-0.05, 0) is 38.4 Å². The molecule has 0 heterocycles. The second-order valence-electron chi connectivity index (χ2n) is 5.55. The Morgan fingerprint density at radius 3 is 2.50 bits per heavy atom. The molecule has 1 aromatic rings. The first-order chi connectivity index (χ1) is 11.5. The molecular formula is C19H28N2O3. The van der Waals surface area contributed by atoms with Crippen molar-refractivity contribution in [1.29, 1.82) is 0 Å². The quantitative estimate of drug-likeness (QED) is 0.682. The van der Waals surface area contributed by atoms with Gasteiger partial charge in [-0.3, -0.25) is 9.59 Å². The van der Waals surface area contributed by atoms with E-state index in [0.29, 0.717) is 17.9 Å². The highest BCUT2D eigenvalue weighted by Crippen LogP contribution is 2.29. The predicted molar refractivity (Wildman–Crippen MR) is 98.5 cm³/mol. The molecule has 0 aliphatic rings. The highest BCUT2D eigenvalue weighted by molar-refractivity contribution is 6.42. The highest BCUT2D eigenvalue weighted by atomic mass is 16.5. The summed E-state index contributed by atoms with van der Waals surface area (Å²) in [7, 11) is 3.28. The highest BCUT2D eigenvalue weighted by Gasteiger charge is 2.23. The van der Waals surface area contributed by atoms with E-state index in [2.05, 4.69) is 10.6 Å². The summed E-state index contributed by atoms with van der Waals surface area (Å²) in [6.45, 7) is 5.96. The zero-order valence-corrected chi connectivity index (χ0v) is 15.2. The SMILES string of the molecule is C/C=C\c1c(CC)cc(NC(=O)C(=O)C(CCC)NC)cc1OC. The van der Waals surface area contributed by atoms with Crippen molar-refractivity contribution in [3.8, 4) is 5.75 Å². The van der Waals surface area contributed by atoms with Gasteiger partial charge >= 0.3 is 0 Å². The maximum Gasteiger partial charge on any atom is 0.293 e. The first-order valence-electron chi connectivity index (χ1n) is 8.38. The number of amides is 1. The van der Waals surface area contributed by atoms with Crippen LogP contribution in [0.2, 0.25) is 0 Å². The molecule has 0 aliphatic carbocycles. The van der Waals surface area contributed by atoms with E-state index in [1.54, 1.807) is 20.2 Å². The van der Waals surface area contributed by atoms with Gasteiger partial charge in [-0.2, -0.15) is 0 Å². The monoisotopic (exact) mass is 332 g/mol. The van der Waals surface area contributed by atoms with E-state index in [9.17, 15) is 9.59 Å². The zero-order valence-electron chi connectivity index (χ0n) is 15.2. The maximum atomic E-state index is 12.2. The van der Waals surface area contributed by atoms with Crippen molar-refractivity contribution >= 4 is 23.5 Å². The summed E-state index contributed by atoms with van der Waals surface area (Å²) in [5.74, 6) is -0.381. The number of carbonyl (C=O) groups is 2. The number of methoxy groups -OCH3 is 1. The number of benzene rings is 1. The lowest BCUT2D eigenvalue weighted by Crippen LogP contribution is -2.41. The van der Waals surface area contributed by atoms with Gasteiger partial charge in [-0.25, -0.2) is 0 Å². The predicted octanol–water partition coefficient (Wildman–Crippen LogP) is 3.19. The normalized spacial score (nSPS) is 12.2. The molecule has 24 heavy (non-hydrogen) atoms. The number of hydrogen-bond acceptors (Lipinski definition) is 4. The smallest absolute Gasteiger partial charge is 0.293 e. The summed E-state index contributed by atoms with van der Waals surface area (Å²) in [6.07, 6.45) is 6.18. The van der Waals surface area contributed by atoms with Crippen LogP contribution < -0.4 is 15.4 Å². The van der Waals surface area contributed by atoms with E-state index in [-0.39, 0.29) is 0 Å². The molecule has 0 radical (unpaired) electrons. The summed E-state index contributed by atoms with van der Waals surface area (Å²) in [5.41, 5.74) is 2.61. The maximum absolute atomic E-state index is 12.2. The minimum Gasteiger partial charge on any atom is -0.496 e. The van der Waals surface area contributed by atoms with Gasteiger partial charge in [0.05, 0.1) is 13.2 Å². The number of ether oxygens (including phenoxy) is 1. The number of hydrogen-bond donors (Lipinski definition) is 2. The second kappa shape index (κ2) is 9.88. The molecule has 0 spiro atoms. The lowest BCUT2D eigenvalue weighted by atomic mass is 10.0. The van der Waals surface area contributed by atoms with Gasteiger partial charge in [0.1, 0.15) is 5.75 Å². The molecule has 1 atom stereocenters. The van der Waals surface area contributed by atoms with Crippen LogP contribution in [0.5, 0.6) is 5.75 Å². The van der Waals surface area contributed by atoms with Crippen LogP contribution in [0.25, 0.3) is 6.08 Å². The van der Waals surface area contributed by atoms with Gasteiger partial charge in [-0.1, -0.05) is 32.4 Å². The van der Waals surface area contributed by atoms with Crippen molar-refractivity contribution in [1.82, 2.24) is 5.32 Å². The molecule has 0 bridgehead atoms. The number of anilines is 1. The van der Waals surface area contributed by atoms with Gasteiger partial charge in [0.25, 0.3) is 5.91 Å². The fourth-order valence-electron chi connectivity index (χ4n) is 2.62. The van der Waals surface area contributed by atoms with Crippen LogP contribution in [0.4, 0.5) is 5.69 Å². The number of Topliss-reactive ketones (excluding diaryl/α,β-unsaturated/α-hetero) is 1. The number of carbonyl (C=O) groups excluding carboxylic acids is 2. The van der Waals surface area contributed by atoms with Crippen LogP contribution in [0.3, 0.4) is 0 Å². The van der Waals surface area contributed by atoms with Crippen molar-refractivity contribution in [3.05, 3.63) is 29.3 Å². The molecule has 2 N–H and O–H groups in total. The average Bonchev–Trinajstić information content (AvgIpc) is 2.59. The Hall–Kier alpha value is -2.14. The van der Waals surface area contributed by atoms with Crippen LogP contribution in [0, 0.1) is 0 Å². The topological polar surface area (TPSA) is 67.4 Å². The van der Waals surface area contributed by atoms with Crippen LogP contribution in [0.1, 0.15) is 44.7 Å².